The molecule has 0 amide bonds. The van der Waals surface area contributed by atoms with Crippen molar-refractivity contribution < 1.29 is 14.4 Å². The Balaban J connectivity index is 1.92. The average molecular weight is 266 g/mol. The molecule has 2 rings (SSSR count). The van der Waals surface area contributed by atoms with E-state index in [1.54, 1.807) is 19.2 Å². The van der Waals surface area contributed by atoms with Crippen LogP contribution >= 0.6 is 0 Å². The fourth-order valence-corrected chi connectivity index (χ4v) is 2.11. The zero-order valence-electron chi connectivity index (χ0n) is 10.9. The van der Waals surface area contributed by atoms with Gasteiger partial charge in [0.2, 0.25) is 0 Å². The second kappa shape index (κ2) is 6.49. The fourth-order valence-electron chi connectivity index (χ4n) is 2.11. The molecule has 6 heteroatoms. The molecule has 1 aliphatic heterocycles. The minimum absolute atomic E-state index is 0.0701. The van der Waals surface area contributed by atoms with Crippen LogP contribution in [0.3, 0.4) is 0 Å². The molecule has 6 nitrogen and oxygen atoms in total. The molecule has 1 atom stereocenters. The molecular weight excluding hydrogens is 248 g/mol. The van der Waals surface area contributed by atoms with Gasteiger partial charge in [-0.15, -0.1) is 0 Å². The smallest absolute Gasteiger partial charge is 0.292 e. The molecule has 1 fully saturated rings. The summed E-state index contributed by atoms with van der Waals surface area (Å²) in [5.41, 5.74) is 1.37. The van der Waals surface area contributed by atoms with Crippen LogP contribution in [0.25, 0.3) is 0 Å². The average Bonchev–Trinajstić information content (AvgIpc) is 2.91. The van der Waals surface area contributed by atoms with Crippen molar-refractivity contribution in [3.05, 3.63) is 33.9 Å². The second-order valence-electron chi connectivity index (χ2n) is 4.51. The van der Waals surface area contributed by atoms with Crippen molar-refractivity contribution in [2.45, 2.75) is 25.6 Å². The highest BCUT2D eigenvalue weighted by molar-refractivity contribution is 5.62. The Morgan fingerprint density at radius 3 is 3.05 bits per heavy atom. The first-order chi connectivity index (χ1) is 9.20. The van der Waals surface area contributed by atoms with Crippen molar-refractivity contribution in [2.75, 3.05) is 25.6 Å². The Kier molecular flexibility index (Phi) is 4.70. The quantitative estimate of drug-likeness (QED) is 0.632. The molecule has 19 heavy (non-hydrogen) atoms. The van der Waals surface area contributed by atoms with Gasteiger partial charge in [-0.25, -0.2) is 0 Å². The van der Waals surface area contributed by atoms with E-state index in [0.717, 1.165) is 25.0 Å². The Labute approximate surface area is 111 Å². The van der Waals surface area contributed by atoms with Crippen molar-refractivity contribution >= 4 is 11.4 Å². The van der Waals surface area contributed by atoms with Crippen LogP contribution in [0.15, 0.2) is 18.2 Å². The van der Waals surface area contributed by atoms with E-state index in [0.29, 0.717) is 18.9 Å². The number of nitro groups is 1. The second-order valence-corrected chi connectivity index (χ2v) is 4.51. The molecule has 0 bridgehead atoms. The van der Waals surface area contributed by atoms with Crippen LogP contribution in [0, 0.1) is 10.1 Å². The van der Waals surface area contributed by atoms with Gasteiger partial charge in [0.25, 0.3) is 5.69 Å². The van der Waals surface area contributed by atoms with E-state index in [1.807, 2.05) is 6.07 Å². The number of hydrogen-bond donors (Lipinski definition) is 1. The minimum atomic E-state index is -0.393. The normalized spacial score (nSPS) is 18.5. The van der Waals surface area contributed by atoms with Gasteiger partial charge in [0.05, 0.1) is 24.2 Å². The summed E-state index contributed by atoms with van der Waals surface area (Å²) in [4.78, 5) is 10.5. The van der Waals surface area contributed by atoms with Crippen molar-refractivity contribution in [3.8, 4) is 0 Å². The van der Waals surface area contributed by atoms with Gasteiger partial charge in [-0.05, 0) is 24.5 Å². The van der Waals surface area contributed by atoms with Gasteiger partial charge in [-0.1, -0.05) is 6.07 Å². The van der Waals surface area contributed by atoms with Crippen molar-refractivity contribution in [1.29, 1.82) is 0 Å². The summed E-state index contributed by atoms with van der Waals surface area (Å²) in [6.45, 7) is 1.71. The topological polar surface area (TPSA) is 73.6 Å². The standard InChI is InChI=1S/C13H18N2O4/c1-14-12-5-4-10(7-13(12)15(16)17)8-18-9-11-3-2-6-19-11/h4-5,7,11,14H,2-3,6,8-9H2,1H3. The molecule has 1 aliphatic rings. The van der Waals surface area contributed by atoms with Crippen LogP contribution in [0.5, 0.6) is 0 Å². The van der Waals surface area contributed by atoms with Crippen LogP contribution in [0.4, 0.5) is 11.4 Å². The lowest BCUT2D eigenvalue weighted by molar-refractivity contribution is -0.384. The summed E-state index contributed by atoms with van der Waals surface area (Å²) in [5.74, 6) is 0. The molecule has 1 aromatic carbocycles. The number of nitro benzene ring substituents is 1. The van der Waals surface area contributed by atoms with Crippen LogP contribution in [-0.2, 0) is 16.1 Å². The van der Waals surface area contributed by atoms with Crippen LogP contribution in [-0.4, -0.2) is 31.3 Å². The number of ether oxygens (including phenoxy) is 2. The van der Waals surface area contributed by atoms with Crippen LogP contribution in [0.2, 0.25) is 0 Å². The first-order valence-electron chi connectivity index (χ1n) is 6.35. The third kappa shape index (κ3) is 3.65. The summed E-state index contributed by atoms with van der Waals surface area (Å²) in [6, 6.07) is 5.07. The first kappa shape index (κ1) is 13.8. The Bertz CT molecular complexity index is 444. The van der Waals surface area contributed by atoms with E-state index < -0.39 is 4.92 Å². The lowest BCUT2D eigenvalue weighted by Crippen LogP contribution is -2.13. The number of nitrogens with one attached hydrogen (secondary N) is 1. The van der Waals surface area contributed by atoms with E-state index in [9.17, 15) is 10.1 Å². The maximum Gasteiger partial charge on any atom is 0.292 e. The zero-order chi connectivity index (χ0) is 13.7. The largest absolute Gasteiger partial charge is 0.383 e. The molecule has 0 radical (unpaired) electrons. The van der Waals surface area contributed by atoms with E-state index in [2.05, 4.69) is 5.32 Å². The summed E-state index contributed by atoms with van der Waals surface area (Å²) < 4.78 is 11.0. The predicted octanol–water partition coefficient (Wildman–Crippen LogP) is 2.33. The lowest BCUT2D eigenvalue weighted by Gasteiger charge is -2.10. The maximum atomic E-state index is 10.9. The molecule has 0 aliphatic carbocycles. The molecule has 104 valence electrons. The number of nitrogens with zero attached hydrogens (tertiary/aromatic N) is 1. The number of benzene rings is 1. The Morgan fingerprint density at radius 2 is 2.42 bits per heavy atom. The summed E-state index contributed by atoms with van der Waals surface area (Å²) in [7, 11) is 1.66. The van der Waals surface area contributed by atoms with E-state index >= 15 is 0 Å². The van der Waals surface area contributed by atoms with Crippen molar-refractivity contribution in [1.82, 2.24) is 0 Å². The van der Waals surface area contributed by atoms with Crippen LogP contribution in [0.1, 0.15) is 18.4 Å². The summed E-state index contributed by atoms with van der Waals surface area (Å²) >= 11 is 0. The summed E-state index contributed by atoms with van der Waals surface area (Å²) in [6.07, 6.45) is 2.28. The van der Waals surface area contributed by atoms with Crippen LogP contribution < -0.4 is 5.32 Å². The highest BCUT2D eigenvalue weighted by Crippen LogP contribution is 2.25. The third-order valence-corrected chi connectivity index (χ3v) is 3.12. The van der Waals surface area contributed by atoms with Gasteiger partial charge in [-0.3, -0.25) is 10.1 Å². The van der Waals surface area contributed by atoms with E-state index in [-0.39, 0.29) is 11.8 Å². The van der Waals surface area contributed by atoms with Gasteiger partial charge in [0.15, 0.2) is 0 Å². The third-order valence-electron chi connectivity index (χ3n) is 3.12. The molecule has 0 saturated carbocycles. The molecule has 1 saturated heterocycles. The molecule has 1 aromatic rings. The number of hydrogen-bond acceptors (Lipinski definition) is 5. The van der Waals surface area contributed by atoms with Gasteiger partial charge in [0.1, 0.15) is 5.69 Å². The molecule has 1 unspecified atom stereocenters. The van der Waals surface area contributed by atoms with Gasteiger partial charge >= 0.3 is 0 Å². The fraction of sp³-hybridized carbons (Fsp3) is 0.538. The molecule has 0 aromatic heterocycles. The molecular formula is C13H18N2O4. The van der Waals surface area contributed by atoms with Gasteiger partial charge in [0, 0.05) is 19.7 Å². The lowest BCUT2D eigenvalue weighted by atomic mass is 10.2. The zero-order valence-corrected chi connectivity index (χ0v) is 10.9. The number of anilines is 1. The Hall–Kier alpha value is -1.66. The van der Waals surface area contributed by atoms with E-state index in [4.69, 9.17) is 9.47 Å². The SMILES string of the molecule is CNc1ccc(COCC2CCCO2)cc1[N+](=O)[O-]. The monoisotopic (exact) mass is 266 g/mol. The van der Waals surface area contributed by atoms with E-state index in [1.165, 1.54) is 0 Å². The molecule has 1 N–H and O–H groups in total. The van der Waals surface area contributed by atoms with Crippen molar-refractivity contribution in [2.24, 2.45) is 0 Å². The maximum absolute atomic E-state index is 10.9. The minimum Gasteiger partial charge on any atom is -0.383 e. The number of rotatable bonds is 6. The highest BCUT2D eigenvalue weighted by atomic mass is 16.6. The predicted molar refractivity (Wildman–Crippen MR) is 71.3 cm³/mol. The highest BCUT2D eigenvalue weighted by Gasteiger charge is 2.16. The Morgan fingerprint density at radius 1 is 1.58 bits per heavy atom. The molecule has 1 heterocycles. The first-order valence-corrected chi connectivity index (χ1v) is 6.35. The van der Waals surface area contributed by atoms with Gasteiger partial charge < -0.3 is 14.8 Å². The summed E-state index contributed by atoms with van der Waals surface area (Å²) in [5, 5.41) is 13.7. The van der Waals surface area contributed by atoms with Crippen molar-refractivity contribution in [3.63, 3.8) is 0 Å². The van der Waals surface area contributed by atoms with Gasteiger partial charge in [-0.2, -0.15) is 0 Å². The molecule has 0 spiro atoms.